The summed E-state index contributed by atoms with van der Waals surface area (Å²) in [6.07, 6.45) is 0. The number of hydrogen-bond acceptors (Lipinski definition) is 3. The molecule has 142 valence electrons. The van der Waals surface area contributed by atoms with Crippen molar-refractivity contribution in [1.82, 2.24) is 9.55 Å². The number of benzene rings is 3. The molecule has 0 aliphatic carbocycles. The highest BCUT2D eigenvalue weighted by Gasteiger charge is 2.14. The van der Waals surface area contributed by atoms with Crippen LogP contribution in [0.2, 0.25) is 10.0 Å². The van der Waals surface area contributed by atoms with Crippen molar-refractivity contribution in [3.05, 3.63) is 88.2 Å². The second kappa shape index (κ2) is 8.13. The number of nitrogens with zero attached hydrogens (tertiary/aromatic N) is 2. The zero-order valence-electron chi connectivity index (χ0n) is 15.2. The van der Waals surface area contributed by atoms with E-state index in [-0.39, 0.29) is 0 Å². The average Bonchev–Trinajstić information content (AvgIpc) is 3.06. The zero-order chi connectivity index (χ0) is 19.5. The summed E-state index contributed by atoms with van der Waals surface area (Å²) in [7, 11) is 1.62. The Hall–Kier alpha value is -2.69. The van der Waals surface area contributed by atoms with Gasteiger partial charge >= 0.3 is 0 Å². The molecule has 6 heteroatoms. The van der Waals surface area contributed by atoms with Crippen molar-refractivity contribution in [3.63, 3.8) is 0 Å². The molecule has 0 spiro atoms. The molecule has 0 atom stereocenters. The first-order valence-electron chi connectivity index (χ1n) is 8.79. The molecule has 0 aliphatic rings. The molecule has 3 aromatic carbocycles. The van der Waals surface area contributed by atoms with Crippen LogP contribution in [0.5, 0.6) is 11.5 Å². The Bertz CT molecular complexity index is 1120. The maximum atomic E-state index is 6.40. The zero-order valence-corrected chi connectivity index (χ0v) is 16.7. The van der Waals surface area contributed by atoms with Gasteiger partial charge in [-0.2, -0.15) is 0 Å². The molecule has 0 saturated carbocycles. The first-order chi connectivity index (χ1) is 13.7. The third-order valence-electron chi connectivity index (χ3n) is 4.50. The van der Waals surface area contributed by atoms with Gasteiger partial charge in [-0.05, 0) is 42.0 Å². The predicted molar refractivity (Wildman–Crippen MR) is 113 cm³/mol. The minimum absolute atomic E-state index is 0.306. The largest absolute Gasteiger partial charge is 0.493 e. The highest BCUT2D eigenvalue weighted by molar-refractivity contribution is 6.35. The van der Waals surface area contributed by atoms with Crippen LogP contribution in [0.3, 0.4) is 0 Å². The lowest BCUT2D eigenvalue weighted by Gasteiger charge is -2.13. The van der Waals surface area contributed by atoms with Gasteiger partial charge in [0, 0.05) is 10.0 Å². The molecule has 1 heterocycles. The van der Waals surface area contributed by atoms with Crippen LogP contribution in [-0.2, 0) is 13.2 Å². The summed E-state index contributed by atoms with van der Waals surface area (Å²) in [6, 6.07) is 21.1. The van der Waals surface area contributed by atoms with E-state index in [0.29, 0.717) is 34.7 Å². The van der Waals surface area contributed by atoms with Crippen molar-refractivity contribution in [2.45, 2.75) is 13.2 Å². The van der Waals surface area contributed by atoms with Gasteiger partial charge in [-0.15, -0.1) is 0 Å². The molecular formula is C22H18Cl2N2O2. The number of methoxy groups -OCH3 is 1. The molecule has 0 bridgehead atoms. The van der Waals surface area contributed by atoms with E-state index in [4.69, 9.17) is 37.7 Å². The van der Waals surface area contributed by atoms with E-state index >= 15 is 0 Å². The van der Waals surface area contributed by atoms with Crippen molar-refractivity contribution >= 4 is 34.2 Å². The third-order valence-corrected chi connectivity index (χ3v) is 5.09. The van der Waals surface area contributed by atoms with Crippen LogP contribution in [0, 0.1) is 0 Å². The van der Waals surface area contributed by atoms with E-state index in [0.717, 1.165) is 22.4 Å². The Morgan fingerprint density at radius 2 is 1.68 bits per heavy atom. The molecule has 4 rings (SSSR count). The molecule has 1 aromatic heterocycles. The van der Waals surface area contributed by atoms with Crippen LogP contribution in [0.1, 0.15) is 11.4 Å². The van der Waals surface area contributed by atoms with Crippen LogP contribution >= 0.6 is 23.2 Å². The van der Waals surface area contributed by atoms with Crippen molar-refractivity contribution in [1.29, 1.82) is 0 Å². The van der Waals surface area contributed by atoms with Crippen molar-refractivity contribution in [2.24, 2.45) is 0 Å². The smallest absolute Gasteiger partial charge is 0.161 e. The van der Waals surface area contributed by atoms with Gasteiger partial charge in [-0.25, -0.2) is 4.98 Å². The van der Waals surface area contributed by atoms with Gasteiger partial charge in [-0.3, -0.25) is 0 Å². The van der Waals surface area contributed by atoms with E-state index < -0.39 is 0 Å². The quantitative estimate of drug-likeness (QED) is 0.390. The Balaban J connectivity index is 1.69. The van der Waals surface area contributed by atoms with Crippen molar-refractivity contribution in [3.8, 4) is 11.5 Å². The fourth-order valence-corrected chi connectivity index (χ4v) is 3.58. The third kappa shape index (κ3) is 3.79. The SMILES string of the molecule is COc1ccccc1OCc1nc2ccccc2n1Cc1ccc(Cl)cc1Cl. The van der Waals surface area contributed by atoms with Gasteiger partial charge in [0.2, 0.25) is 0 Å². The van der Waals surface area contributed by atoms with Gasteiger partial charge < -0.3 is 14.0 Å². The molecule has 0 aliphatic heterocycles. The number of hydrogen-bond donors (Lipinski definition) is 0. The molecule has 0 N–H and O–H groups in total. The Labute approximate surface area is 173 Å². The molecule has 0 radical (unpaired) electrons. The van der Waals surface area contributed by atoms with Crippen LogP contribution in [0.15, 0.2) is 66.7 Å². The van der Waals surface area contributed by atoms with E-state index in [1.165, 1.54) is 0 Å². The topological polar surface area (TPSA) is 36.3 Å². The second-order valence-electron chi connectivity index (χ2n) is 6.28. The standard InChI is InChI=1S/C22H18Cl2N2O2/c1-27-20-8-4-5-9-21(20)28-14-22-25-18-6-2-3-7-19(18)26(22)13-15-10-11-16(23)12-17(15)24/h2-12H,13-14H2,1H3. The van der Waals surface area contributed by atoms with E-state index in [1.54, 1.807) is 13.2 Å². The minimum atomic E-state index is 0.306. The Morgan fingerprint density at radius 3 is 2.46 bits per heavy atom. The van der Waals surface area contributed by atoms with Gasteiger partial charge in [0.25, 0.3) is 0 Å². The maximum Gasteiger partial charge on any atom is 0.161 e. The molecule has 4 aromatic rings. The van der Waals surface area contributed by atoms with Gasteiger partial charge in [0.1, 0.15) is 12.4 Å². The van der Waals surface area contributed by atoms with Crippen molar-refractivity contribution in [2.75, 3.05) is 7.11 Å². The summed E-state index contributed by atoms with van der Waals surface area (Å²) in [4.78, 5) is 4.75. The highest BCUT2D eigenvalue weighted by atomic mass is 35.5. The fourth-order valence-electron chi connectivity index (χ4n) is 3.11. The summed E-state index contributed by atoms with van der Waals surface area (Å²) in [5, 5.41) is 1.24. The summed E-state index contributed by atoms with van der Waals surface area (Å²) in [5.41, 5.74) is 2.89. The maximum absolute atomic E-state index is 6.40. The monoisotopic (exact) mass is 412 g/mol. The molecule has 0 unspecified atom stereocenters. The number of halogens is 2. The molecule has 28 heavy (non-hydrogen) atoms. The summed E-state index contributed by atoms with van der Waals surface area (Å²) in [6.45, 7) is 0.876. The molecule has 4 nitrogen and oxygen atoms in total. The number of aromatic nitrogens is 2. The first kappa shape index (κ1) is 18.7. The average molecular weight is 413 g/mol. The van der Waals surface area contributed by atoms with Crippen LogP contribution in [0.25, 0.3) is 11.0 Å². The van der Waals surface area contributed by atoms with Gasteiger partial charge in [0.15, 0.2) is 11.5 Å². The molecule has 0 saturated heterocycles. The lowest BCUT2D eigenvalue weighted by Crippen LogP contribution is -2.09. The Morgan fingerprint density at radius 1 is 0.929 bits per heavy atom. The van der Waals surface area contributed by atoms with Crippen LogP contribution in [0.4, 0.5) is 0 Å². The lowest BCUT2D eigenvalue weighted by molar-refractivity contribution is 0.273. The fraction of sp³-hybridized carbons (Fsp3) is 0.136. The van der Waals surface area contributed by atoms with E-state index in [1.807, 2.05) is 60.7 Å². The van der Waals surface area contributed by atoms with Crippen molar-refractivity contribution < 1.29 is 9.47 Å². The second-order valence-corrected chi connectivity index (χ2v) is 7.12. The molecule has 0 fully saturated rings. The normalized spacial score (nSPS) is 11.0. The first-order valence-corrected chi connectivity index (χ1v) is 9.55. The van der Waals surface area contributed by atoms with Crippen LogP contribution in [-0.4, -0.2) is 16.7 Å². The number of ether oxygens (including phenoxy) is 2. The van der Waals surface area contributed by atoms with Crippen LogP contribution < -0.4 is 9.47 Å². The number of fused-ring (bicyclic) bond motifs is 1. The predicted octanol–water partition coefficient (Wildman–Crippen LogP) is 5.98. The summed E-state index contributed by atoms with van der Waals surface area (Å²) >= 11 is 12.4. The molecule has 0 amide bonds. The summed E-state index contributed by atoms with van der Waals surface area (Å²) in [5.74, 6) is 2.16. The number of rotatable bonds is 6. The Kier molecular flexibility index (Phi) is 5.42. The van der Waals surface area contributed by atoms with E-state index in [9.17, 15) is 0 Å². The van der Waals surface area contributed by atoms with Gasteiger partial charge in [-0.1, -0.05) is 53.5 Å². The number of imidazole rings is 1. The van der Waals surface area contributed by atoms with E-state index in [2.05, 4.69) is 4.57 Å². The lowest BCUT2D eigenvalue weighted by atomic mass is 10.2. The molecular weight excluding hydrogens is 395 g/mol. The van der Waals surface area contributed by atoms with Gasteiger partial charge in [0.05, 0.1) is 24.7 Å². The minimum Gasteiger partial charge on any atom is -0.493 e. The number of para-hydroxylation sites is 4. The highest BCUT2D eigenvalue weighted by Crippen LogP contribution is 2.28. The summed E-state index contributed by atoms with van der Waals surface area (Å²) < 4.78 is 13.5.